The molecule has 0 saturated heterocycles. The second-order valence-corrected chi connectivity index (χ2v) is 2.77. The summed E-state index contributed by atoms with van der Waals surface area (Å²) >= 11 is 3.16. The van der Waals surface area contributed by atoms with Crippen molar-refractivity contribution in [3.05, 3.63) is 10.7 Å². The van der Waals surface area contributed by atoms with Gasteiger partial charge in [-0.25, -0.2) is 4.98 Å². The molecule has 0 fully saturated rings. The van der Waals surface area contributed by atoms with Crippen molar-refractivity contribution in [1.82, 2.24) is 4.98 Å². The lowest BCUT2D eigenvalue weighted by atomic mass is 10.3. The van der Waals surface area contributed by atoms with Crippen LogP contribution in [-0.2, 0) is 0 Å². The van der Waals surface area contributed by atoms with Crippen molar-refractivity contribution < 1.29 is 4.74 Å². The van der Waals surface area contributed by atoms with Gasteiger partial charge in [0.15, 0.2) is 0 Å². The molecule has 0 amide bonds. The second kappa shape index (κ2) is 2.96. The first-order chi connectivity index (χ1) is 5.15. The van der Waals surface area contributed by atoms with E-state index in [4.69, 9.17) is 16.2 Å². The molecule has 0 aromatic carbocycles. The maximum atomic E-state index is 5.53. The Kier molecular flexibility index (Phi) is 2.19. The summed E-state index contributed by atoms with van der Waals surface area (Å²) < 4.78 is 5.47. The van der Waals surface area contributed by atoms with Gasteiger partial charge in [0.2, 0.25) is 5.88 Å². The van der Waals surface area contributed by atoms with Gasteiger partial charge in [0, 0.05) is 0 Å². The van der Waals surface area contributed by atoms with Crippen molar-refractivity contribution in [2.75, 3.05) is 18.6 Å². The maximum Gasteiger partial charge on any atom is 0.240 e. The normalized spacial score (nSPS) is 9.64. The number of hydrogen-bond donors (Lipinski definition) is 2. The van der Waals surface area contributed by atoms with Crippen molar-refractivity contribution in [1.29, 1.82) is 0 Å². The van der Waals surface area contributed by atoms with Gasteiger partial charge in [-0.05, 0) is 22.0 Å². The van der Waals surface area contributed by atoms with E-state index in [0.29, 0.717) is 21.9 Å². The van der Waals surface area contributed by atoms with Crippen LogP contribution in [-0.4, -0.2) is 12.1 Å². The Morgan fingerprint density at radius 3 is 2.73 bits per heavy atom. The summed E-state index contributed by atoms with van der Waals surface area (Å²) in [5.74, 6) is 0.344. The number of pyridine rings is 1. The highest BCUT2D eigenvalue weighted by Crippen LogP contribution is 2.27. The van der Waals surface area contributed by atoms with Crippen LogP contribution in [0.3, 0.4) is 0 Å². The van der Waals surface area contributed by atoms with Crippen molar-refractivity contribution >= 4 is 27.3 Å². The summed E-state index contributed by atoms with van der Waals surface area (Å²) in [6.45, 7) is 0. The van der Waals surface area contributed by atoms with Gasteiger partial charge in [-0.2, -0.15) is 0 Å². The maximum absolute atomic E-state index is 5.53. The van der Waals surface area contributed by atoms with E-state index in [9.17, 15) is 0 Å². The molecule has 1 aromatic heterocycles. The summed E-state index contributed by atoms with van der Waals surface area (Å²) in [5.41, 5.74) is 11.9. The molecule has 1 aromatic rings. The predicted molar refractivity (Wildman–Crippen MR) is 47.3 cm³/mol. The number of nitrogens with zero attached hydrogens (tertiary/aromatic N) is 1. The molecule has 0 spiro atoms. The van der Waals surface area contributed by atoms with Gasteiger partial charge in [-0.15, -0.1) is 0 Å². The quantitative estimate of drug-likeness (QED) is 0.690. The van der Waals surface area contributed by atoms with Crippen LogP contribution >= 0.6 is 15.9 Å². The van der Waals surface area contributed by atoms with E-state index in [1.54, 1.807) is 6.07 Å². The molecule has 5 heteroatoms. The minimum Gasteiger partial charge on any atom is -0.479 e. The van der Waals surface area contributed by atoms with Crippen LogP contribution in [0.5, 0.6) is 5.88 Å². The predicted octanol–water partition coefficient (Wildman–Crippen LogP) is 1.02. The second-order valence-electron chi connectivity index (χ2n) is 1.96. The van der Waals surface area contributed by atoms with Crippen LogP contribution in [0.4, 0.5) is 11.4 Å². The number of ether oxygens (including phenoxy) is 1. The number of nitrogen functional groups attached to an aromatic ring is 2. The zero-order chi connectivity index (χ0) is 8.43. The molecular weight excluding hydrogens is 210 g/mol. The first-order valence-corrected chi connectivity index (χ1v) is 3.70. The number of methoxy groups -OCH3 is 1. The standard InChI is InChI=1S/C6H8BrN3O/c1-11-6-5(9)3(8)2-4(7)10-6/h2H,9H2,1H3,(H2,8,10). The minimum atomic E-state index is 0.344. The molecule has 4 N–H and O–H groups in total. The summed E-state index contributed by atoms with van der Waals surface area (Å²) in [6.07, 6.45) is 0. The van der Waals surface area contributed by atoms with E-state index < -0.39 is 0 Å². The van der Waals surface area contributed by atoms with E-state index in [0.717, 1.165) is 0 Å². The average Bonchev–Trinajstić information content (AvgIpc) is 1.96. The number of anilines is 2. The van der Waals surface area contributed by atoms with Gasteiger partial charge < -0.3 is 16.2 Å². The SMILES string of the molecule is COc1nc(Br)cc(N)c1N. The van der Waals surface area contributed by atoms with Gasteiger partial charge >= 0.3 is 0 Å². The highest BCUT2D eigenvalue weighted by molar-refractivity contribution is 9.10. The Labute approximate surface area is 72.7 Å². The number of aromatic nitrogens is 1. The Morgan fingerprint density at radius 1 is 1.55 bits per heavy atom. The zero-order valence-electron chi connectivity index (χ0n) is 5.97. The molecule has 4 nitrogen and oxygen atoms in total. The van der Waals surface area contributed by atoms with Gasteiger partial charge in [-0.1, -0.05) is 0 Å². The van der Waals surface area contributed by atoms with Crippen LogP contribution in [0, 0.1) is 0 Å². The minimum absolute atomic E-state index is 0.344. The highest BCUT2D eigenvalue weighted by atomic mass is 79.9. The van der Waals surface area contributed by atoms with Crippen LogP contribution in [0.15, 0.2) is 10.7 Å². The first-order valence-electron chi connectivity index (χ1n) is 2.90. The summed E-state index contributed by atoms with van der Waals surface area (Å²) in [6, 6.07) is 1.62. The van der Waals surface area contributed by atoms with Crippen molar-refractivity contribution in [2.24, 2.45) is 0 Å². The van der Waals surface area contributed by atoms with Gasteiger partial charge in [0.05, 0.1) is 12.8 Å². The fourth-order valence-electron chi connectivity index (χ4n) is 0.675. The molecular formula is C6H8BrN3O. The fourth-order valence-corrected chi connectivity index (χ4v) is 1.08. The molecule has 1 heterocycles. The lowest BCUT2D eigenvalue weighted by Gasteiger charge is -2.05. The number of rotatable bonds is 1. The molecule has 1 rings (SSSR count). The lowest BCUT2D eigenvalue weighted by Crippen LogP contribution is -2.00. The molecule has 0 aliphatic rings. The van der Waals surface area contributed by atoms with Crippen molar-refractivity contribution in [2.45, 2.75) is 0 Å². The third-order valence-electron chi connectivity index (χ3n) is 1.22. The van der Waals surface area contributed by atoms with E-state index >= 15 is 0 Å². The van der Waals surface area contributed by atoms with E-state index in [1.165, 1.54) is 7.11 Å². The Hall–Kier alpha value is -0.970. The van der Waals surface area contributed by atoms with Crippen LogP contribution < -0.4 is 16.2 Å². The van der Waals surface area contributed by atoms with Crippen LogP contribution in [0.2, 0.25) is 0 Å². The van der Waals surface area contributed by atoms with E-state index in [2.05, 4.69) is 20.9 Å². The molecule has 0 aliphatic carbocycles. The van der Waals surface area contributed by atoms with Crippen molar-refractivity contribution in [3.63, 3.8) is 0 Å². The highest BCUT2D eigenvalue weighted by Gasteiger charge is 2.05. The number of nitrogens with two attached hydrogens (primary N) is 2. The van der Waals surface area contributed by atoms with Gasteiger partial charge in [-0.3, -0.25) is 0 Å². The molecule has 0 atom stereocenters. The summed E-state index contributed by atoms with van der Waals surface area (Å²) in [4.78, 5) is 3.94. The van der Waals surface area contributed by atoms with Gasteiger partial charge in [0.25, 0.3) is 0 Å². The van der Waals surface area contributed by atoms with Gasteiger partial charge in [0.1, 0.15) is 10.3 Å². The molecule has 0 unspecified atom stereocenters. The topological polar surface area (TPSA) is 74.2 Å². The first kappa shape index (κ1) is 8.13. The third kappa shape index (κ3) is 1.54. The Balaban J connectivity index is 3.24. The monoisotopic (exact) mass is 217 g/mol. The molecule has 60 valence electrons. The molecule has 0 bridgehead atoms. The van der Waals surface area contributed by atoms with Crippen LogP contribution in [0.25, 0.3) is 0 Å². The third-order valence-corrected chi connectivity index (χ3v) is 1.62. The number of halogens is 1. The molecule has 0 saturated carbocycles. The lowest BCUT2D eigenvalue weighted by molar-refractivity contribution is 0.399. The Morgan fingerprint density at radius 2 is 2.18 bits per heavy atom. The largest absolute Gasteiger partial charge is 0.479 e. The van der Waals surface area contributed by atoms with E-state index in [-0.39, 0.29) is 0 Å². The van der Waals surface area contributed by atoms with Crippen LogP contribution in [0.1, 0.15) is 0 Å². The summed E-state index contributed by atoms with van der Waals surface area (Å²) in [5, 5.41) is 0. The fraction of sp³-hybridized carbons (Fsp3) is 0.167. The zero-order valence-corrected chi connectivity index (χ0v) is 7.55. The van der Waals surface area contributed by atoms with E-state index in [1.807, 2.05) is 0 Å². The van der Waals surface area contributed by atoms with Crippen molar-refractivity contribution in [3.8, 4) is 5.88 Å². The molecule has 11 heavy (non-hydrogen) atoms. The Bertz CT molecular complexity index is 277. The number of hydrogen-bond acceptors (Lipinski definition) is 4. The smallest absolute Gasteiger partial charge is 0.240 e. The molecule has 0 aliphatic heterocycles. The summed E-state index contributed by atoms with van der Waals surface area (Å²) in [7, 11) is 1.49. The average molecular weight is 218 g/mol. The molecule has 0 radical (unpaired) electrons.